The molecule has 0 aromatic carbocycles. The number of ether oxygens (including phenoxy) is 2. The Morgan fingerprint density at radius 3 is 1.30 bits per heavy atom. The third kappa shape index (κ3) is 30.4. The van der Waals surface area contributed by atoms with Gasteiger partial charge in [0.2, 0.25) is 5.91 Å². The summed E-state index contributed by atoms with van der Waals surface area (Å²) in [4.78, 5) is 39.0. The number of ketones is 1. The number of alkyl carbamates (subject to hydrolysis) is 1. The van der Waals surface area contributed by atoms with Gasteiger partial charge in [-0.1, -0.05) is 155 Å². The Morgan fingerprint density at radius 2 is 0.909 bits per heavy atom. The third-order valence-corrected chi connectivity index (χ3v) is 8.48. The number of carbonyl (C=O) groups is 3. The normalized spacial score (nSPS) is 11.1. The number of carbonyl (C=O) groups excluding carboxylic acids is 3. The molecule has 0 spiro atoms. The Balaban J connectivity index is 4.27. The summed E-state index contributed by atoms with van der Waals surface area (Å²) in [6, 6.07) is 0. The second kappa shape index (κ2) is 34.2. The van der Waals surface area contributed by atoms with Crippen molar-refractivity contribution in [1.82, 2.24) is 10.2 Å². The highest BCUT2D eigenvalue weighted by Gasteiger charge is 2.15. The number of nitrogens with one attached hydrogen (secondary N) is 1. The maximum Gasteiger partial charge on any atom is 0.407 e. The van der Waals surface area contributed by atoms with E-state index in [1.165, 1.54) is 136 Å². The second-order valence-corrected chi connectivity index (χ2v) is 12.7. The Kier molecular flexibility index (Phi) is 33.0. The van der Waals surface area contributed by atoms with Crippen molar-refractivity contribution >= 4 is 17.8 Å². The molecule has 0 heterocycles. The number of nitrogens with zero attached hydrogens (tertiary/aromatic N) is 1. The highest BCUT2D eigenvalue weighted by atomic mass is 16.6. The number of unbranched alkanes of at least 4 members (excludes halogenated alkanes) is 22. The summed E-state index contributed by atoms with van der Waals surface area (Å²) in [5.74, 6) is -0.0927. The van der Waals surface area contributed by atoms with E-state index in [2.05, 4.69) is 19.2 Å². The van der Waals surface area contributed by atoms with E-state index in [1.807, 2.05) is 4.90 Å². The van der Waals surface area contributed by atoms with Gasteiger partial charge in [-0.15, -0.1) is 0 Å². The third-order valence-electron chi connectivity index (χ3n) is 8.48. The van der Waals surface area contributed by atoms with Gasteiger partial charge in [-0.3, -0.25) is 9.59 Å². The van der Waals surface area contributed by atoms with E-state index in [4.69, 9.17) is 9.47 Å². The van der Waals surface area contributed by atoms with E-state index in [0.717, 1.165) is 38.8 Å². The van der Waals surface area contributed by atoms with Crippen molar-refractivity contribution in [3.05, 3.63) is 0 Å². The van der Waals surface area contributed by atoms with Crippen molar-refractivity contribution in [2.24, 2.45) is 0 Å². The van der Waals surface area contributed by atoms with Crippen LogP contribution in [0.2, 0.25) is 0 Å². The molecule has 7 nitrogen and oxygen atoms in total. The maximum atomic E-state index is 13.1. The smallest absolute Gasteiger partial charge is 0.407 e. The molecule has 0 aliphatic carbocycles. The zero-order valence-electron chi connectivity index (χ0n) is 29.4. The first-order valence-corrected chi connectivity index (χ1v) is 18.7. The first kappa shape index (κ1) is 42.4. The molecule has 0 aliphatic heterocycles. The number of amides is 2. The van der Waals surface area contributed by atoms with Crippen LogP contribution in [0.3, 0.4) is 0 Å². The Bertz CT molecular complexity index is 630. The van der Waals surface area contributed by atoms with Crippen LogP contribution in [0.15, 0.2) is 0 Å². The van der Waals surface area contributed by atoms with Crippen LogP contribution < -0.4 is 5.32 Å². The van der Waals surface area contributed by atoms with Crippen molar-refractivity contribution in [3.63, 3.8) is 0 Å². The van der Waals surface area contributed by atoms with Gasteiger partial charge in [0.15, 0.2) is 5.78 Å². The molecule has 2 amide bonds. The first-order valence-electron chi connectivity index (χ1n) is 18.7. The minimum Gasteiger partial charge on any atom is -0.447 e. The number of hydrogen-bond donors (Lipinski definition) is 1. The highest BCUT2D eigenvalue weighted by Crippen LogP contribution is 2.14. The summed E-state index contributed by atoms with van der Waals surface area (Å²) in [6.45, 7) is 6.44. The second-order valence-electron chi connectivity index (χ2n) is 12.7. The molecule has 0 aromatic heterocycles. The van der Waals surface area contributed by atoms with E-state index < -0.39 is 6.09 Å². The van der Waals surface area contributed by atoms with E-state index in [0.29, 0.717) is 6.61 Å². The van der Waals surface area contributed by atoms with Crippen LogP contribution in [0.25, 0.3) is 0 Å². The van der Waals surface area contributed by atoms with Crippen LogP contribution in [0, 0.1) is 0 Å². The van der Waals surface area contributed by atoms with E-state index >= 15 is 0 Å². The molecule has 0 bridgehead atoms. The van der Waals surface area contributed by atoms with Crippen LogP contribution in [0.1, 0.15) is 181 Å². The van der Waals surface area contributed by atoms with Crippen molar-refractivity contribution in [1.29, 1.82) is 0 Å². The zero-order valence-corrected chi connectivity index (χ0v) is 29.4. The van der Waals surface area contributed by atoms with Gasteiger partial charge in [0, 0.05) is 33.0 Å². The predicted molar refractivity (Wildman–Crippen MR) is 184 cm³/mol. The van der Waals surface area contributed by atoms with Gasteiger partial charge >= 0.3 is 6.09 Å². The predicted octanol–water partition coefficient (Wildman–Crippen LogP) is 9.94. The summed E-state index contributed by atoms with van der Waals surface area (Å²) >= 11 is 0. The van der Waals surface area contributed by atoms with E-state index in [9.17, 15) is 14.4 Å². The summed E-state index contributed by atoms with van der Waals surface area (Å²) in [6.07, 6.45) is 30.9. The van der Waals surface area contributed by atoms with Crippen LogP contribution in [-0.2, 0) is 19.1 Å². The first-order chi connectivity index (χ1) is 21.5. The lowest BCUT2D eigenvalue weighted by Gasteiger charge is -2.23. The number of Topliss-reactive ketones (excluding diaryl/α,β-unsaturated/α-hetero) is 1. The fraction of sp³-hybridized carbons (Fsp3) is 0.919. The Labute approximate surface area is 272 Å². The molecular weight excluding hydrogens is 552 g/mol. The average Bonchev–Trinajstić information content (AvgIpc) is 3.02. The monoisotopic (exact) mass is 625 g/mol. The molecule has 0 rings (SSSR count). The van der Waals surface area contributed by atoms with Crippen molar-refractivity contribution in [3.8, 4) is 0 Å². The van der Waals surface area contributed by atoms with Crippen LogP contribution >= 0.6 is 0 Å². The Morgan fingerprint density at radius 1 is 0.523 bits per heavy atom. The van der Waals surface area contributed by atoms with E-state index in [-0.39, 0.29) is 37.7 Å². The topological polar surface area (TPSA) is 84.9 Å². The number of hydrogen-bond acceptors (Lipinski definition) is 5. The van der Waals surface area contributed by atoms with Crippen molar-refractivity contribution in [2.75, 3.05) is 40.0 Å². The van der Waals surface area contributed by atoms with E-state index in [1.54, 1.807) is 0 Å². The zero-order chi connectivity index (χ0) is 32.4. The molecule has 44 heavy (non-hydrogen) atoms. The lowest BCUT2D eigenvalue weighted by Crippen LogP contribution is -2.34. The Hall–Kier alpha value is -1.63. The minimum absolute atomic E-state index is 0.0622. The van der Waals surface area contributed by atoms with Gasteiger partial charge in [0.1, 0.15) is 6.61 Å². The molecule has 1 N–H and O–H groups in total. The quantitative estimate of drug-likeness (QED) is 0.0720. The standard InChI is InChI=1S/C37H72N2O5/c1-4-6-8-10-12-14-16-18-20-22-24-26-30-39(31-27-25-23-21-19-17-15-13-11-9-7-5-2)36(41)29-28-35(40)34-38-37(42)44-33-32-43-3/h4-34H2,1-3H3,(H,38,42). The summed E-state index contributed by atoms with van der Waals surface area (Å²) in [5.41, 5.74) is 0. The molecule has 0 aliphatic rings. The molecular formula is C37H72N2O5. The van der Waals surface area contributed by atoms with Crippen molar-refractivity contribution < 1.29 is 23.9 Å². The van der Waals surface area contributed by atoms with Crippen LogP contribution in [-0.4, -0.2) is 62.6 Å². The molecule has 0 unspecified atom stereocenters. The molecule has 0 atom stereocenters. The van der Waals surface area contributed by atoms with Crippen LogP contribution in [0.5, 0.6) is 0 Å². The molecule has 7 heteroatoms. The SMILES string of the molecule is CCCCCCCCCCCCCCN(CCCCCCCCCCCCCC)C(=O)CCC(=O)CNC(=O)OCCOC. The van der Waals surface area contributed by atoms with Gasteiger partial charge in [-0.25, -0.2) is 4.79 Å². The fourth-order valence-corrected chi connectivity index (χ4v) is 5.58. The van der Waals surface area contributed by atoms with Gasteiger partial charge in [0.25, 0.3) is 0 Å². The van der Waals surface area contributed by atoms with Gasteiger partial charge in [0.05, 0.1) is 13.2 Å². The molecule has 0 saturated carbocycles. The molecule has 260 valence electrons. The molecule has 0 aromatic rings. The van der Waals surface area contributed by atoms with Crippen molar-refractivity contribution in [2.45, 2.75) is 181 Å². The molecule has 0 saturated heterocycles. The fourth-order valence-electron chi connectivity index (χ4n) is 5.58. The minimum atomic E-state index is -0.637. The lowest BCUT2D eigenvalue weighted by atomic mass is 10.0. The molecule has 0 radical (unpaired) electrons. The average molecular weight is 625 g/mol. The van der Waals surface area contributed by atoms with Gasteiger partial charge in [-0.2, -0.15) is 0 Å². The largest absolute Gasteiger partial charge is 0.447 e. The number of rotatable bonds is 34. The highest BCUT2D eigenvalue weighted by molar-refractivity contribution is 5.87. The van der Waals surface area contributed by atoms with Gasteiger partial charge < -0.3 is 19.7 Å². The lowest BCUT2D eigenvalue weighted by molar-refractivity contribution is -0.133. The summed E-state index contributed by atoms with van der Waals surface area (Å²) in [7, 11) is 1.53. The maximum absolute atomic E-state index is 13.1. The van der Waals surface area contributed by atoms with Gasteiger partial charge in [-0.05, 0) is 12.8 Å². The van der Waals surface area contributed by atoms with Crippen LogP contribution in [0.4, 0.5) is 4.79 Å². The summed E-state index contributed by atoms with van der Waals surface area (Å²) < 4.78 is 9.75. The summed E-state index contributed by atoms with van der Waals surface area (Å²) in [5, 5.41) is 2.46. The number of methoxy groups -OCH3 is 1. The molecule has 0 fully saturated rings.